The fraction of sp³-hybridized carbons (Fsp3) is 0.600. The summed E-state index contributed by atoms with van der Waals surface area (Å²) >= 11 is 0. The van der Waals surface area contributed by atoms with E-state index < -0.39 is 0 Å². The highest BCUT2D eigenvalue weighted by Gasteiger charge is 2.21. The van der Waals surface area contributed by atoms with E-state index in [0.29, 0.717) is 11.8 Å². The molecule has 0 aliphatic heterocycles. The van der Waals surface area contributed by atoms with Crippen molar-refractivity contribution in [2.75, 3.05) is 0 Å². The molecule has 1 aliphatic rings. The molecule has 2 unspecified atom stereocenters. The van der Waals surface area contributed by atoms with Gasteiger partial charge in [-0.2, -0.15) is 0 Å². The highest BCUT2D eigenvalue weighted by atomic mass is 16.3. The molecule has 2 rings (SSSR count). The summed E-state index contributed by atoms with van der Waals surface area (Å²) in [6, 6.07) is 8.97. The molecule has 0 saturated heterocycles. The Hall–Kier alpha value is -0.820. The first-order chi connectivity index (χ1) is 7.66. The number of hydrogen-bond acceptors (Lipinski definition) is 1. The summed E-state index contributed by atoms with van der Waals surface area (Å²) in [5, 5.41) is 9.68. The van der Waals surface area contributed by atoms with E-state index in [1.165, 1.54) is 17.5 Å². The minimum absolute atomic E-state index is 0.0801. The van der Waals surface area contributed by atoms with Crippen molar-refractivity contribution in [3.8, 4) is 0 Å². The van der Waals surface area contributed by atoms with Crippen LogP contribution in [0, 0.1) is 0 Å². The second-order valence-electron chi connectivity index (χ2n) is 5.34. The summed E-state index contributed by atoms with van der Waals surface area (Å²) < 4.78 is 0. The predicted octanol–water partition coefficient (Wildman–Crippen LogP) is 3.83. The zero-order valence-electron chi connectivity index (χ0n) is 10.3. The standard InChI is InChI=1S/C15H22O/c1-11(2)12-6-8-13(9-7-12)14-4-3-5-15(16)10-14/h6-9,11,14-16H,3-5,10H2,1-2H3. The predicted molar refractivity (Wildman–Crippen MR) is 67.7 cm³/mol. The molecular weight excluding hydrogens is 196 g/mol. The van der Waals surface area contributed by atoms with Gasteiger partial charge in [0.15, 0.2) is 0 Å². The maximum Gasteiger partial charge on any atom is 0.0546 e. The Bertz CT molecular complexity index is 326. The fourth-order valence-electron chi connectivity index (χ4n) is 2.62. The van der Waals surface area contributed by atoms with E-state index in [2.05, 4.69) is 38.1 Å². The summed E-state index contributed by atoms with van der Waals surface area (Å²) in [4.78, 5) is 0. The third-order valence-corrected chi connectivity index (χ3v) is 3.72. The maximum absolute atomic E-state index is 9.68. The van der Waals surface area contributed by atoms with Gasteiger partial charge in [0.1, 0.15) is 0 Å². The lowest BCUT2D eigenvalue weighted by atomic mass is 9.82. The van der Waals surface area contributed by atoms with Crippen molar-refractivity contribution in [2.24, 2.45) is 0 Å². The number of benzene rings is 1. The Morgan fingerprint density at radius 2 is 1.81 bits per heavy atom. The van der Waals surface area contributed by atoms with Gasteiger partial charge in [-0.25, -0.2) is 0 Å². The number of aliphatic hydroxyl groups is 1. The van der Waals surface area contributed by atoms with Crippen LogP contribution in [0.3, 0.4) is 0 Å². The summed E-state index contributed by atoms with van der Waals surface area (Å²) in [6.07, 6.45) is 4.25. The van der Waals surface area contributed by atoms with Crippen LogP contribution in [0.2, 0.25) is 0 Å². The second kappa shape index (κ2) is 5.01. The number of aliphatic hydroxyl groups excluding tert-OH is 1. The van der Waals surface area contributed by atoms with Crippen LogP contribution < -0.4 is 0 Å². The molecule has 1 saturated carbocycles. The number of hydrogen-bond donors (Lipinski definition) is 1. The van der Waals surface area contributed by atoms with Crippen LogP contribution in [-0.4, -0.2) is 11.2 Å². The van der Waals surface area contributed by atoms with Crippen molar-refractivity contribution in [2.45, 2.75) is 57.5 Å². The topological polar surface area (TPSA) is 20.2 Å². The molecule has 1 aromatic carbocycles. The van der Waals surface area contributed by atoms with Crippen LogP contribution in [0.15, 0.2) is 24.3 Å². The Kier molecular flexibility index (Phi) is 3.65. The van der Waals surface area contributed by atoms with E-state index in [9.17, 15) is 5.11 Å². The average molecular weight is 218 g/mol. The Balaban J connectivity index is 2.09. The third kappa shape index (κ3) is 2.65. The molecule has 0 radical (unpaired) electrons. The van der Waals surface area contributed by atoms with Gasteiger partial charge in [0.25, 0.3) is 0 Å². The van der Waals surface area contributed by atoms with Gasteiger partial charge in [0.05, 0.1) is 6.10 Å². The van der Waals surface area contributed by atoms with Crippen molar-refractivity contribution in [1.29, 1.82) is 0 Å². The summed E-state index contributed by atoms with van der Waals surface area (Å²) in [5.74, 6) is 1.18. The molecule has 1 aromatic rings. The Morgan fingerprint density at radius 3 is 2.38 bits per heavy atom. The van der Waals surface area contributed by atoms with Gasteiger partial charge in [-0.1, -0.05) is 44.5 Å². The summed E-state index contributed by atoms with van der Waals surface area (Å²) in [6.45, 7) is 4.44. The molecule has 0 amide bonds. The van der Waals surface area contributed by atoms with Crippen LogP contribution in [0.4, 0.5) is 0 Å². The SMILES string of the molecule is CC(C)c1ccc(C2CCCC(O)C2)cc1. The molecule has 88 valence electrons. The molecule has 1 N–H and O–H groups in total. The van der Waals surface area contributed by atoms with Crippen molar-refractivity contribution in [3.63, 3.8) is 0 Å². The molecular formula is C15H22O. The van der Waals surface area contributed by atoms with Gasteiger partial charge >= 0.3 is 0 Å². The molecule has 0 bridgehead atoms. The van der Waals surface area contributed by atoms with Gasteiger partial charge < -0.3 is 5.11 Å². The van der Waals surface area contributed by atoms with E-state index in [0.717, 1.165) is 19.3 Å². The van der Waals surface area contributed by atoms with Gasteiger partial charge in [-0.15, -0.1) is 0 Å². The molecule has 0 aromatic heterocycles. The molecule has 1 fully saturated rings. The van der Waals surface area contributed by atoms with Gasteiger partial charge in [-0.05, 0) is 42.2 Å². The van der Waals surface area contributed by atoms with Gasteiger partial charge in [0, 0.05) is 0 Å². The van der Waals surface area contributed by atoms with E-state index in [-0.39, 0.29) is 6.10 Å². The molecule has 1 heteroatoms. The first-order valence-corrected chi connectivity index (χ1v) is 6.44. The van der Waals surface area contributed by atoms with Crippen LogP contribution in [-0.2, 0) is 0 Å². The van der Waals surface area contributed by atoms with Crippen LogP contribution in [0.5, 0.6) is 0 Å². The van der Waals surface area contributed by atoms with Crippen molar-refractivity contribution in [1.82, 2.24) is 0 Å². The first kappa shape index (κ1) is 11.7. The zero-order chi connectivity index (χ0) is 11.5. The second-order valence-corrected chi connectivity index (χ2v) is 5.34. The molecule has 16 heavy (non-hydrogen) atoms. The van der Waals surface area contributed by atoms with Crippen LogP contribution >= 0.6 is 0 Å². The molecule has 0 spiro atoms. The molecule has 1 nitrogen and oxygen atoms in total. The van der Waals surface area contributed by atoms with E-state index in [4.69, 9.17) is 0 Å². The number of rotatable bonds is 2. The van der Waals surface area contributed by atoms with Crippen LogP contribution in [0.25, 0.3) is 0 Å². The van der Waals surface area contributed by atoms with Crippen molar-refractivity contribution >= 4 is 0 Å². The highest BCUT2D eigenvalue weighted by Crippen LogP contribution is 2.33. The maximum atomic E-state index is 9.68. The minimum Gasteiger partial charge on any atom is -0.393 e. The van der Waals surface area contributed by atoms with Crippen molar-refractivity contribution in [3.05, 3.63) is 35.4 Å². The fourth-order valence-corrected chi connectivity index (χ4v) is 2.62. The highest BCUT2D eigenvalue weighted by molar-refractivity contribution is 5.27. The smallest absolute Gasteiger partial charge is 0.0546 e. The third-order valence-electron chi connectivity index (χ3n) is 3.72. The van der Waals surface area contributed by atoms with Gasteiger partial charge in [0.2, 0.25) is 0 Å². The van der Waals surface area contributed by atoms with E-state index in [1.54, 1.807) is 0 Å². The molecule has 2 atom stereocenters. The average Bonchev–Trinajstić information content (AvgIpc) is 2.29. The molecule has 1 aliphatic carbocycles. The Labute approximate surface area is 98.5 Å². The van der Waals surface area contributed by atoms with E-state index in [1.807, 2.05) is 0 Å². The largest absolute Gasteiger partial charge is 0.393 e. The normalized spacial score (nSPS) is 26.0. The lowest BCUT2D eigenvalue weighted by molar-refractivity contribution is 0.119. The summed E-state index contributed by atoms with van der Waals surface area (Å²) in [5.41, 5.74) is 2.81. The van der Waals surface area contributed by atoms with Crippen molar-refractivity contribution < 1.29 is 5.11 Å². The zero-order valence-corrected chi connectivity index (χ0v) is 10.3. The van der Waals surface area contributed by atoms with Gasteiger partial charge in [-0.3, -0.25) is 0 Å². The minimum atomic E-state index is -0.0801. The quantitative estimate of drug-likeness (QED) is 0.800. The monoisotopic (exact) mass is 218 g/mol. The van der Waals surface area contributed by atoms with Crippen LogP contribution in [0.1, 0.15) is 62.5 Å². The summed E-state index contributed by atoms with van der Waals surface area (Å²) in [7, 11) is 0. The lowest BCUT2D eigenvalue weighted by Crippen LogP contribution is -2.18. The molecule has 0 heterocycles. The first-order valence-electron chi connectivity index (χ1n) is 6.44. The Morgan fingerprint density at radius 1 is 1.12 bits per heavy atom. The lowest BCUT2D eigenvalue weighted by Gasteiger charge is -2.26. The van der Waals surface area contributed by atoms with E-state index >= 15 is 0 Å².